The first-order valence-corrected chi connectivity index (χ1v) is 6.51. The third-order valence-electron chi connectivity index (χ3n) is 3.30. The highest BCUT2D eigenvalue weighted by molar-refractivity contribution is 7.13. The molecule has 0 amide bonds. The van der Waals surface area contributed by atoms with Crippen LogP contribution in [0.15, 0.2) is 29.8 Å². The first-order valence-electron chi connectivity index (χ1n) is 5.63. The maximum atomic E-state index is 9.27. The van der Waals surface area contributed by atoms with Crippen LogP contribution in [0.3, 0.4) is 0 Å². The summed E-state index contributed by atoms with van der Waals surface area (Å²) in [6.45, 7) is 0. The third kappa shape index (κ3) is 1.63. The Morgan fingerprint density at radius 1 is 1.35 bits per heavy atom. The minimum Gasteiger partial charge on any atom is -0.254 e. The highest BCUT2D eigenvalue weighted by atomic mass is 32.1. The Labute approximate surface area is 104 Å². The second-order valence-electron chi connectivity index (χ2n) is 4.30. The lowest BCUT2D eigenvalue weighted by Crippen LogP contribution is -2.32. The van der Waals surface area contributed by atoms with E-state index in [0.29, 0.717) is 0 Å². The predicted octanol–water partition coefficient (Wildman–Crippen LogP) is 3.15. The van der Waals surface area contributed by atoms with Crippen molar-refractivity contribution in [3.63, 3.8) is 0 Å². The zero-order valence-electron chi connectivity index (χ0n) is 9.26. The molecule has 3 rings (SSSR count). The molecule has 0 bridgehead atoms. The van der Waals surface area contributed by atoms with Crippen LogP contribution in [0.1, 0.15) is 25.0 Å². The SMILES string of the molecule is N#CC1(c2csc(-c3ccccn3)n2)CCC1. The van der Waals surface area contributed by atoms with Gasteiger partial charge in [0, 0.05) is 11.6 Å². The maximum Gasteiger partial charge on any atom is 0.142 e. The zero-order chi connectivity index (χ0) is 11.7. The van der Waals surface area contributed by atoms with Gasteiger partial charge in [0.1, 0.15) is 10.4 Å². The van der Waals surface area contributed by atoms with Crippen molar-refractivity contribution in [1.82, 2.24) is 9.97 Å². The summed E-state index contributed by atoms with van der Waals surface area (Å²) in [7, 11) is 0. The van der Waals surface area contributed by atoms with E-state index in [0.717, 1.165) is 35.7 Å². The molecule has 0 atom stereocenters. The lowest BCUT2D eigenvalue weighted by molar-refractivity contribution is 0.317. The fourth-order valence-electron chi connectivity index (χ4n) is 2.06. The van der Waals surface area contributed by atoms with Crippen LogP contribution >= 0.6 is 11.3 Å². The molecule has 0 spiro atoms. The normalized spacial score (nSPS) is 17.1. The summed E-state index contributed by atoms with van der Waals surface area (Å²) in [5, 5.41) is 12.2. The van der Waals surface area contributed by atoms with Gasteiger partial charge in [-0.3, -0.25) is 4.98 Å². The van der Waals surface area contributed by atoms with Gasteiger partial charge in [-0.25, -0.2) is 4.98 Å². The molecule has 2 heterocycles. The summed E-state index contributed by atoms with van der Waals surface area (Å²) < 4.78 is 0. The molecule has 0 saturated heterocycles. The van der Waals surface area contributed by atoms with E-state index in [2.05, 4.69) is 16.0 Å². The van der Waals surface area contributed by atoms with Crippen molar-refractivity contribution in [1.29, 1.82) is 5.26 Å². The molecule has 0 N–H and O–H groups in total. The van der Waals surface area contributed by atoms with Gasteiger partial charge >= 0.3 is 0 Å². The van der Waals surface area contributed by atoms with Crippen LogP contribution in [0.5, 0.6) is 0 Å². The molecule has 0 radical (unpaired) electrons. The smallest absolute Gasteiger partial charge is 0.142 e. The number of nitrogens with zero attached hydrogens (tertiary/aromatic N) is 3. The molecule has 1 saturated carbocycles. The molecule has 3 nitrogen and oxygen atoms in total. The van der Waals surface area contributed by atoms with Gasteiger partial charge in [-0.1, -0.05) is 6.07 Å². The van der Waals surface area contributed by atoms with E-state index in [1.54, 1.807) is 17.5 Å². The maximum absolute atomic E-state index is 9.27. The number of thiazole rings is 1. The van der Waals surface area contributed by atoms with Gasteiger partial charge in [0.2, 0.25) is 0 Å². The molecule has 4 heteroatoms. The van der Waals surface area contributed by atoms with E-state index in [-0.39, 0.29) is 5.41 Å². The van der Waals surface area contributed by atoms with Gasteiger partial charge in [-0.2, -0.15) is 5.26 Å². The lowest BCUT2D eigenvalue weighted by Gasteiger charge is -2.33. The van der Waals surface area contributed by atoms with Crippen molar-refractivity contribution in [2.24, 2.45) is 0 Å². The van der Waals surface area contributed by atoms with Crippen molar-refractivity contribution in [3.8, 4) is 16.8 Å². The number of hydrogen-bond acceptors (Lipinski definition) is 4. The highest BCUT2D eigenvalue weighted by Gasteiger charge is 2.41. The molecule has 1 aliphatic carbocycles. The average Bonchev–Trinajstić information content (AvgIpc) is 2.80. The summed E-state index contributed by atoms with van der Waals surface area (Å²) in [5.41, 5.74) is 1.50. The van der Waals surface area contributed by atoms with Crippen LogP contribution in [0.2, 0.25) is 0 Å². The average molecular weight is 241 g/mol. The highest BCUT2D eigenvalue weighted by Crippen LogP contribution is 2.43. The van der Waals surface area contributed by atoms with Crippen LogP contribution in [0.4, 0.5) is 0 Å². The van der Waals surface area contributed by atoms with E-state index < -0.39 is 0 Å². The molecule has 0 aromatic carbocycles. The van der Waals surface area contributed by atoms with Gasteiger partial charge < -0.3 is 0 Å². The molecule has 0 aliphatic heterocycles. The standard InChI is InChI=1S/C13H11N3S/c14-9-13(5-3-6-13)11-8-17-12(16-11)10-4-1-2-7-15-10/h1-2,4,7-8H,3,5-6H2. The van der Waals surface area contributed by atoms with Gasteiger partial charge in [-0.05, 0) is 31.4 Å². The van der Waals surface area contributed by atoms with Crippen LogP contribution in [-0.4, -0.2) is 9.97 Å². The molecule has 2 aromatic heterocycles. The molecule has 1 aliphatic rings. The molecule has 17 heavy (non-hydrogen) atoms. The molecule has 1 fully saturated rings. The number of pyridine rings is 1. The first kappa shape index (κ1) is 10.4. The number of rotatable bonds is 2. The van der Waals surface area contributed by atoms with Gasteiger partial charge in [0.05, 0.1) is 17.5 Å². The molecule has 2 aromatic rings. The summed E-state index contributed by atoms with van der Waals surface area (Å²) in [6.07, 6.45) is 4.77. The Morgan fingerprint density at radius 3 is 2.82 bits per heavy atom. The summed E-state index contributed by atoms with van der Waals surface area (Å²) in [6, 6.07) is 8.21. The monoisotopic (exact) mass is 241 g/mol. The second kappa shape index (κ2) is 3.94. The molecular weight excluding hydrogens is 230 g/mol. The second-order valence-corrected chi connectivity index (χ2v) is 5.16. The Kier molecular flexibility index (Phi) is 2.41. The minimum atomic E-state index is -0.316. The van der Waals surface area contributed by atoms with E-state index in [4.69, 9.17) is 0 Å². The first-order chi connectivity index (χ1) is 8.34. The third-order valence-corrected chi connectivity index (χ3v) is 4.16. The van der Waals surface area contributed by atoms with Gasteiger partial charge in [0.15, 0.2) is 0 Å². The fraction of sp³-hybridized carbons (Fsp3) is 0.308. The van der Waals surface area contributed by atoms with Crippen LogP contribution < -0.4 is 0 Å². The van der Waals surface area contributed by atoms with Crippen LogP contribution in [-0.2, 0) is 5.41 Å². The fourth-order valence-corrected chi connectivity index (χ4v) is 2.95. The van der Waals surface area contributed by atoms with E-state index in [9.17, 15) is 5.26 Å². The van der Waals surface area contributed by atoms with Gasteiger partial charge in [0.25, 0.3) is 0 Å². The lowest BCUT2D eigenvalue weighted by atomic mass is 9.68. The Morgan fingerprint density at radius 2 is 2.24 bits per heavy atom. The number of hydrogen-bond donors (Lipinski definition) is 0. The van der Waals surface area contributed by atoms with Crippen molar-refractivity contribution in [2.75, 3.05) is 0 Å². The minimum absolute atomic E-state index is 0.316. The van der Waals surface area contributed by atoms with Gasteiger partial charge in [-0.15, -0.1) is 11.3 Å². The van der Waals surface area contributed by atoms with Crippen molar-refractivity contribution < 1.29 is 0 Å². The Bertz CT molecular complexity index is 564. The summed E-state index contributed by atoms with van der Waals surface area (Å²) in [5.74, 6) is 0. The molecule has 0 unspecified atom stereocenters. The quantitative estimate of drug-likeness (QED) is 0.811. The molecule has 84 valence electrons. The predicted molar refractivity (Wildman–Crippen MR) is 66.5 cm³/mol. The van der Waals surface area contributed by atoms with Crippen molar-refractivity contribution in [2.45, 2.75) is 24.7 Å². The van der Waals surface area contributed by atoms with Crippen LogP contribution in [0, 0.1) is 11.3 Å². The van der Waals surface area contributed by atoms with Crippen molar-refractivity contribution >= 4 is 11.3 Å². The van der Waals surface area contributed by atoms with Crippen molar-refractivity contribution in [3.05, 3.63) is 35.5 Å². The van der Waals surface area contributed by atoms with Crippen LogP contribution in [0.25, 0.3) is 10.7 Å². The molecular formula is C13H11N3S. The number of nitriles is 1. The number of aromatic nitrogens is 2. The zero-order valence-corrected chi connectivity index (χ0v) is 10.1. The van der Waals surface area contributed by atoms with E-state index >= 15 is 0 Å². The largest absolute Gasteiger partial charge is 0.254 e. The Hall–Kier alpha value is -1.73. The Balaban J connectivity index is 1.97. The summed E-state index contributed by atoms with van der Waals surface area (Å²) >= 11 is 1.57. The topological polar surface area (TPSA) is 49.6 Å². The van der Waals surface area contributed by atoms with E-state index in [1.807, 2.05) is 23.6 Å². The van der Waals surface area contributed by atoms with E-state index in [1.165, 1.54) is 0 Å². The summed E-state index contributed by atoms with van der Waals surface area (Å²) in [4.78, 5) is 8.86.